The van der Waals surface area contributed by atoms with Crippen molar-refractivity contribution in [3.05, 3.63) is 77.9 Å². The molecule has 0 N–H and O–H groups in total. The van der Waals surface area contributed by atoms with Crippen molar-refractivity contribution in [2.75, 3.05) is 44.2 Å². The molecule has 2 aliphatic heterocycles. The van der Waals surface area contributed by atoms with Gasteiger partial charge in [-0.25, -0.2) is 4.79 Å². The zero-order chi connectivity index (χ0) is 21.2. The Morgan fingerprint density at radius 1 is 1.03 bits per heavy atom. The van der Waals surface area contributed by atoms with Crippen LogP contribution in [-0.2, 0) is 11.3 Å². The number of ether oxygens (including phenoxy) is 1. The van der Waals surface area contributed by atoms with Crippen molar-refractivity contribution < 1.29 is 9.53 Å². The van der Waals surface area contributed by atoms with E-state index in [1.165, 1.54) is 16.8 Å². The Balaban J connectivity index is 1.29. The quantitative estimate of drug-likeness (QED) is 0.668. The molecule has 5 nitrogen and oxygen atoms in total. The SMILES string of the molecule is C=CCN1CCN(c2ccc3c(c2)[C@H]2C[C@@H]3CCN2C(=O)OCc2ccccc2)CC1. The molecule has 3 aliphatic rings. The molecule has 31 heavy (non-hydrogen) atoms. The van der Waals surface area contributed by atoms with Gasteiger partial charge in [-0.05, 0) is 47.6 Å². The van der Waals surface area contributed by atoms with Gasteiger partial charge in [-0.3, -0.25) is 4.90 Å². The van der Waals surface area contributed by atoms with Gasteiger partial charge in [0.1, 0.15) is 6.61 Å². The second-order valence-corrected chi connectivity index (χ2v) is 8.86. The summed E-state index contributed by atoms with van der Waals surface area (Å²) in [6, 6.07) is 17.0. The van der Waals surface area contributed by atoms with Crippen molar-refractivity contribution in [2.45, 2.75) is 31.4 Å². The Morgan fingerprint density at radius 2 is 1.84 bits per heavy atom. The van der Waals surface area contributed by atoms with Crippen LogP contribution in [0.3, 0.4) is 0 Å². The van der Waals surface area contributed by atoms with Crippen LogP contribution in [0.4, 0.5) is 10.5 Å². The molecule has 0 saturated carbocycles. The predicted octanol–water partition coefficient (Wildman–Crippen LogP) is 4.57. The lowest BCUT2D eigenvalue weighted by molar-refractivity contribution is 0.0694. The maximum Gasteiger partial charge on any atom is 0.410 e. The van der Waals surface area contributed by atoms with Gasteiger partial charge < -0.3 is 14.5 Å². The second kappa shape index (κ2) is 8.75. The highest BCUT2D eigenvalue weighted by Crippen LogP contribution is 2.50. The monoisotopic (exact) mass is 417 g/mol. The van der Waals surface area contributed by atoms with Gasteiger partial charge in [-0.2, -0.15) is 0 Å². The molecular weight excluding hydrogens is 386 g/mol. The van der Waals surface area contributed by atoms with Crippen molar-refractivity contribution in [1.82, 2.24) is 9.80 Å². The molecule has 0 spiro atoms. The first-order chi connectivity index (χ1) is 15.2. The fraction of sp³-hybridized carbons (Fsp3) is 0.423. The van der Waals surface area contributed by atoms with Gasteiger partial charge in [-0.1, -0.05) is 42.5 Å². The first kappa shape index (κ1) is 20.1. The first-order valence-corrected chi connectivity index (χ1v) is 11.4. The van der Waals surface area contributed by atoms with E-state index in [2.05, 4.69) is 34.6 Å². The molecule has 2 aromatic rings. The third-order valence-corrected chi connectivity index (χ3v) is 7.04. The highest BCUT2D eigenvalue weighted by Gasteiger charge is 2.41. The molecule has 1 amide bonds. The Kier molecular flexibility index (Phi) is 5.68. The lowest BCUT2D eigenvalue weighted by atomic mass is 9.96. The molecule has 0 unspecified atom stereocenters. The van der Waals surface area contributed by atoms with Crippen molar-refractivity contribution >= 4 is 11.8 Å². The van der Waals surface area contributed by atoms with Crippen LogP contribution in [0.1, 0.15) is 41.5 Å². The molecule has 2 atom stereocenters. The lowest BCUT2D eigenvalue weighted by Gasteiger charge is -2.36. The summed E-state index contributed by atoms with van der Waals surface area (Å²) in [6.45, 7) is 10.1. The molecule has 2 bridgehead atoms. The minimum Gasteiger partial charge on any atom is -0.445 e. The van der Waals surface area contributed by atoms with Gasteiger partial charge >= 0.3 is 6.09 Å². The molecule has 0 aromatic heterocycles. The normalized spacial score (nSPS) is 22.8. The highest BCUT2D eigenvalue weighted by molar-refractivity contribution is 5.70. The second-order valence-electron chi connectivity index (χ2n) is 8.86. The van der Waals surface area contributed by atoms with E-state index in [1.54, 1.807) is 0 Å². The standard InChI is InChI=1S/C26H31N3O2/c1-2-11-27-13-15-28(16-14-27)22-8-9-23-21-10-12-29(25(17-21)24(23)18-22)26(30)31-19-20-6-4-3-5-7-20/h2-9,18,21,25H,1,10-17,19H2/t21-,25+/m0/s1. The van der Waals surface area contributed by atoms with E-state index in [9.17, 15) is 4.79 Å². The molecule has 1 aliphatic carbocycles. The van der Waals surface area contributed by atoms with E-state index in [-0.39, 0.29) is 12.1 Å². The van der Waals surface area contributed by atoms with Crippen LogP contribution in [0.5, 0.6) is 0 Å². The van der Waals surface area contributed by atoms with Crippen LogP contribution in [0.15, 0.2) is 61.2 Å². The molecule has 2 heterocycles. The summed E-state index contributed by atoms with van der Waals surface area (Å²) in [4.78, 5) is 19.8. The van der Waals surface area contributed by atoms with E-state index in [1.807, 2.05) is 41.3 Å². The number of likely N-dealkylation sites (tertiary alicyclic amines) is 1. The van der Waals surface area contributed by atoms with Crippen LogP contribution in [0.2, 0.25) is 0 Å². The van der Waals surface area contributed by atoms with E-state index >= 15 is 0 Å². The summed E-state index contributed by atoms with van der Waals surface area (Å²) >= 11 is 0. The van der Waals surface area contributed by atoms with Gasteiger partial charge in [0, 0.05) is 45.0 Å². The van der Waals surface area contributed by atoms with Crippen molar-refractivity contribution in [3.63, 3.8) is 0 Å². The Hall–Kier alpha value is -2.79. The van der Waals surface area contributed by atoms with Gasteiger partial charge in [0.15, 0.2) is 0 Å². The van der Waals surface area contributed by atoms with Crippen LogP contribution in [0.25, 0.3) is 0 Å². The molecular formula is C26H31N3O2. The van der Waals surface area contributed by atoms with Gasteiger partial charge in [0.05, 0.1) is 6.04 Å². The van der Waals surface area contributed by atoms with Crippen molar-refractivity contribution in [2.24, 2.45) is 0 Å². The first-order valence-electron chi connectivity index (χ1n) is 11.4. The molecule has 162 valence electrons. The topological polar surface area (TPSA) is 36.0 Å². The number of hydrogen-bond donors (Lipinski definition) is 0. The summed E-state index contributed by atoms with van der Waals surface area (Å²) in [5.74, 6) is 0.566. The fourth-order valence-corrected chi connectivity index (χ4v) is 5.35. The number of piperazine rings is 1. The smallest absolute Gasteiger partial charge is 0.410 e. The van der Waals surface area contributed by atoms with Crippen LogP contribution in [0, 0.1) is 0 Å². The number of nitrogens with zero attached hydrogens (tertiary/aromatic N) is 3. The Bertz CT molecular complexity index is 937. The number of anilines is 1. The van der Waals surface area contributed by atoms with Gasteiger partial charge in [-0.15, -0.1) is 6.58 Å². The zero-order valence-corrected chi connectivity index (χ0v) is 18.1. The van der Waals surface area contributed by atoms with Crippen LogP contribution < -0.4 is 4.90 Å². The summed E-state index contributed by atoms with van der Waals surface area (Å²) in [5, 5.41) is 0. The summed E-state index contributed by atoms with van der Waals surface area (Å²) in [7, 11) is 0. The Labute approximate surface area is 184 Å². The minimum atomic E-state index is -0.191. The molecule has 2 fully saturated rings. The average Bonchev–Trinajstić information content (AvgIpc) is 3.10. The maximum atomic E-state index is 12.9. The largest absolute Gasteiger partial charge is 0.445 e. The van der Waals surface area contributed by atoms with Crippen molar-refractivity contribution in [3.8, 4) is 0 Å². The maximum absolute atomic E-state index is 12.9. The number of carbonyl (C=O) groups excluding carboxylic acids is 1. The van der Waals surface area contributed by atoms with E-state index < -0.39 is 0 Å². The summed E-state index contributed by atoms with van der Waals surface area (Å²) in [5.41, 5.74) is 5.06. The number of fused-ring (bicyclic) bond motifs is 5. The molecule has 5 heteroatoms. The number of carbonyl (C=O) groups is 1. The number of benzene rings is 2. The van der Waals surface area contributed by atoms with Gasteiger partial charge in [0.2, 0.25) is 0 Å². The fourth-order valence-electron chi connectivity index (χ4n) is 5.35. The highest BCUT2D eigenvalue weighted by atomic mass is 16.6. The van der Waals surface area contributed by atoms with Crippen LogP contribution in [-0.4, -0.2) is 55.2 Å². The number of hydrogen-bond acceptors (Lipinski definition) is 4. The van der Waals surface area contributed by atoms with E-state index in [0.29, 0.717) is 12.5 Å². The minimum absolute atomic E-state index is 0.138. The van der Waals surface area contributed by atoms with Gasteiger partial charge in [0.25, 0.3) is 0 Å². The molecule has 0 radical (unpaired) electrons. The molecule has 2 saturated heterocycles. The number of rotatable bonds is 5. The lowest BCUT2D eigenvalue weighted by Crippen LogP contribution is -2.46. The number of piperidine rings is 1. The number of amides is 1. The predicted molar refractivity (Wildman–Crippen MR) is 123 cm³/mol. The molecule has 5 rings (SSSR count). The Morgan fingerprint density at radius 3 is 2.61 bits per heavy atom. The molecule has 2 aromatic carbocycles. The van der Waals surface area contributed by atoms with E-state index in [4.69, 9.17) is 4.74 Å². The zero-order valence-electron chi connectivity index (χ0n) is 18.1. The summed E-state index contributed by atoms with van der Waals surface area (Å²) < 4.78 is 5.68. The average molecular weight is 418 g/mol. The third kappa shape index (κ3) is 4.07. The van der Waals surface area contributed by atoms with Crippen molar-refractivity contribution in [1.29, 1.82) is 0 Å². The van der Waals surface area contributed by atoms with E-state index in [0.717, 1.165) is 57.7 Å². The third-order valence-electron chi connectivity index (χ3n) is 7.04. The summed E-state index contributed by atoms with van der Waals surface area (Å²) in [6.07, 6.45) is 3.83. The van der Waals surface area contributed by atoms with Crippen LogP contribution >= 0.6 is 0 Å².